The second-order valence-corrected chi connectivity index (χ2v) is 6.96. The molecule has 3 rings (SSSR count). The molecule has 29 heavy (non-hydrogen) atoms. The number of nitrogens with one attached hydrogen (secondary N) is 2. The van der Waals surface area contributed by atoms with Crippen molar-refractivity contribution in [3.63, 3.8) is 0 Å². The van der Waals surface area contributed by atoms with Crippen LogP contribution in [0.1, 0.15) is 5.56 Å². The van der Waals surface area contributed by atoms with Crippen LogP contribution in [0.5, 0.6) is 11.5 Å². The lowest BCUT2D eigenvalue weighted by Gasteiger charge is -2.16. The fourth-order valence-electron chi connectivity index (χ4n) is 3.33. The number of amides is 1. The van der Waals surface area contributed by atoms with Crippen LogP contribution >= 0.6 is 0 Å². The molecule has 1 atom stereocenters. The summed E-state index contributed by atoms with van der Waals surface area (Å²) in [6.45, 7) is 1.06. The minimum atomic E-state index is -0.0219. The van der Waals surface area contributed by atoms with Crippen molar-refractivity contribution in [3.05, 3.63) is 78.4 Å². The molecule has 0 radical (unpaired) electrons. The van der Waals surface area contributed by atoms with E-state index in [0.717, 1.165) is 27.3 Å². The van der Waals surface area contributed by atoms with Gasteiger partial charge in [-0.05, 0) is 29.8 Å². The minimum Gasteiger partial charge on any atom is -0.493 e. The molecule has 0 aliphatic heterocycles. The van der Waals surface area contributed by atoms with Crippen molar-refractivity contribution in [2.75, 3.05) is 33.1 Å². The number of hydrogen-bond donors (Lipinski definition) is 2. The van der Waals surface area contributed by atoms with Crippen molar-refractivity contribution < 1.29 is 19.2 Å². The van der Waals surface area contributed by atoms with Crippen LogP contribution in [0.25, 0.3) is 11.1 Å². The highest BCUT2D eigenvalue weighted by atomic mass is 16.5. The third-order valence-electron chi connectivity index (χ3n) is 4.70. The van der Waals surface area contributed by atoms with Gasteiger partial charge in [0.1, 0.15) is 6.54 Å². The molecule has 3 aromatic rings. The van der Waals surface area contributed by atoms with Crippen molar-refractivity contribution >= 4 is 11.6 Å². The lowest BCUT2D eigenvalue weighted by atomic mass is 10.0. The Balaban J connectivity index is 1.64. The predicted octanol–water partition coefficient (Wildman–Crippen LogP) is 3.02. The molecule has 5 nitrogen and oxygen atoms in total. The molecule has 0 fully saturated rings. The van der Waals surface area contributed by atoms with Crippen molar-refractivity contribution in [2.24, 2.45) is 0 Å². The van der Waals surface area contributed by atoms with Crippen LogP contribution in [0.2, 0.25) is 0 Å². The molecule has 0 saturated carbocycles. The Morgan fingerprint density at radius 2 is 1.59 bits per heavy atom. The van der Waals surface area contributed by atoms with Gasteiger partial charge >= 0.3 is 0 Å². The SMILES string of the molecule is COc1ccc(C[NH+](C)CC(=O)Nc2ccccc2-c2ccccc2)cc1OC. The molecular weight excluding hydrogens is 364 g/mol. The summed E-state index contributed by atoms with van der Waals surface area (Å²) in [5.74, 6) is 1.37. The number of para-hydroxylation sites is 1. The van der Waals surface area contributed by atoms with E-state index in [1.54, 1.807) is 14.2 Å². The summed E-state index contributed by atoms with van der Waals surface area (Å²) in [6, 6.07) is 23.7. The molecule has 0 heterocycles. The van der Waals surface area contributed by atoms with Gasteiger partial charge in [0.25, 0.3) is 5.91 Å². The van der Waals surface area contributed by atoms with Crippen LogP contribution in [-0.2, 0) is 11.3 Å². The van der Waals surface area contributed by atoms with E-state index in [1.807, 2.05) is 79.8 Å². The van der Waals surface area contributed by atoms with Crippen LogP contribution in [0.15, 0.2) is 72.8 Å². The first-order chi connectivity index (χ1) is 14.1. The molecule has 3 aromatic carbocycles. The molecule has 0 aromatic heterocycles. The van der Waals surface area contributed by atoms with Gasteiger partial charge in [0.2, 0.25) is 0 Å². The normalized spacial score (nSPS) is 11.6. The van der Waals surface area contributed by atoms with Gasteiger partial charge in [-0.1, -0.05) is 48.5 Å². The minimum absolute atomic E-state index is 0.0219. The molecule has 2 N–H and O–H groups in total. The fourth-order valence-corrected chi connectivity index (χ4v) is 3.33. The Morgan fingerprint density at radius 1 is 0.897 bits per heavy atom. The van der Waals surface area contributed by atoms with Gasteiger partial charge in [-0.3, -0.25) is 4.79 Å². The van der Waals surface area contributed by atoms with Crippen molar-refractivity contribution in [1.82, 2.24) is 0 Å². The average Bonchev–Trinajstić information content (AvgIpc) is 2.74. The summed E-state index contributed by atoms with van der Waals surface area (Å²) in [5.41, 5.74) is 3.99. The van der Waals surface area contributed by atoms with Gasteiger partial charge in [-0.2, -0.15) is 0 Å². The Morgan fingerprint density at radius 3 is 2.31 bits per heavy atom. The summed E-state index contributed by atoms with van der Waals surface area (Å²) in [7, 11) is 5.24. The number of benzene rings is 3. The highest BCUT2D eigenvalue weighted by Gasteiger charge is 2.14. The van der Waals surface area contributed by atoms with Crippen LogP contribution < -0.4 is 19.7 Å². The average molecular weight is 391 g/mol. The zero-order chi connectivity index (χ0) is 20.6. The van der Waals surface area contributed by atoms with Crippen molar-refractivity contribution in [2.45, 2.75) is 6.54 Å². The third-order valence-corrected chi connectivity index (χ3v) is 4.70. The molecular formula is C24H27N2O3+. The number of hydrogen-bond acceptors (Lipinski definition) is 3. The van der Waals surface area contributed by atoms with Crippen molar-refractivity contribution in [3.8, 4) is 22.6 Å². The molecule has 1 unspecified atom stereocenters. The predicted molar refractivity (Wildman–Crippen MR) is 116 cm³/mol. The molecule has 150 valence electrons. The van der Waals surface area contributed by atoms with E-state index in [2.05, 4.69) is 5.32 Å². The van der Waals surface area contributed by atoms with Crippen LogP contribution in [0.4, 0.5) is 5.69 Å². The number of anilines is 1. The summed E-state index contributed by atoms with van der Waals surface area (Å²) >= 11 is 0. The maximum Gasteiger partial charge on any atom is 0.279 e. The third kappa shape index (κ3) is 5.36. The van der Waals surface area contributed by atoms with Gasteiger partial charge in [0.05, 0.1) is 21.3 Å². The number of methoxy groups -OCH3 is 2. The summed E-state index contributed by atoms with van der Waals surface area (Å²) in [4.78, 5) is 13.7. The van der Waals surface area contributed by atoms with Gasteiger partial charge < -0.3 is 19.7 Å². The van der Waals surface area contributed by atoms with Gasteiger partial charge in [0, 0.05) is 16.8 Å². The molecule has 5 heteroatoms. The smallest absolute Gasteiger partial charge is 0.279 e. The lowest BCUT2D eigenvalue weighted by Crippen LogP contribution is -3.08. The topological polar surface area (TPSA) is 52.0 Å². The second kappa shape index (κ2) is 9.75. The maximum atomic E-state index is 12.6. The Bertz CT molecular complexity index is 957. The largest absolute Gasteiger partial charge is 0.493 e. The number of quaternary nitrogens is 1. The second-order valence-electron chi connectivity index (χ2n) is 6.96. The molecule has 0 saturated heterocycles. The molecule has 0 bridgehead atoms. The van der Waals surface area contributed by atoms with E-state index in [0.29, 0.717) is 24.6 Å². The van der Waals surface area contributed by atoms with Crippen LogP contribution in [0.3, 0.4) is 0 Å². The molecule has 0 spiro atoms. The first kappa shape index (κ1) is 20.4. The van der Waals surface area contributed by atoms with E-state index >= 15 is 0 Å². The van der Waals surface area contributed by atoms with Gasteiger partial charge in [-0.25, -0.2) is 0 Å². The van der Waals surface area contributed by atoms with Gasteiger partial charge in [-0.15, -0.1) is 0 Å². The van der Waals surface area contributed by atoms with Crippen molar-refractivity contribution in [1.29, 1.82) is 0 Å². The fraction of sp³-hybridized carbons (Fsp3) is 0.208. The number of rotatable bonds is 8. The van der Waals surface area contributed by atoms with E-state index in [9.17, 15) is 4.79 Å². The zero-order valence-corrected chi connectivity index (χ0v) is 17.1. The monoisotopic (exact) mass is 391 g/mol. The molecule has 0 aliphatic carbocycles. The summed E-state index contributed by atoms with van der Waals surface area (Å²) < 4.78 is 10.6. The standard InChI is InChI=1S/C24H26N2O3/c1-26(16-18-13-14-22(28-2)23(15-18)29-3)17-24(27)25-21-12-8-7-11-20(21)19-9-5-4-6-10-19/h4-15H,16-17H2,1-3H3,(H,25,27)/p+1. The highest BCUT2D eigenvalue weighted by molar-refractivity contribution is 5.96. The van der Waals surface area contributed by atoms with Gasteiger partial charge in [0.15, 0.2) is 18.0 Å². The summed E-state index contributed by atoms with van der Waals surface area (Å²) in [5, 5.41) is 3.06. The Labute approximate surface area is 171 Å². The number of carbonyl (C=O) groups excluding carboxylic acids is 1. The van der Waals surface area contributed by atoms with E-state index in [1.165, 1.54) is 0 Å². The molecule has 0 aliphatic rings. The highest BCUT2D eigenvalue weighted by Crippen LogP contribution is 2.28. The zero-order valence-electron chi connectivity index (χ0n) is 17.1. The Hall–Kier alpha value is -3.31. The van der Waals surface area contributed by atoms with E-state index < -0.39 is 0 Å². The van der Waals surface area contributed by atoms with Crippen LogP contribution in [0, 0.1) is 0 Å². The first-order valence-electron chi connectivity index (χ1n) is 9.57. The maximum absolute atomic E-state index is 12.6. The van der Waals surface area contributed by atoms with E-state index in [-0.39, 0.29) is 5.91 Å². The number of carbonyl (C=O) groups is 1. The Kier molecular flexibility index (Phi) is 6.87. The molecule has 1 amide bonds. The summed E-state index contributed by atoms with van der Waals surface area (Å²) in [6.07, 6.45) is 0. The lowest BCUT2D eigenvalue weighted by molar-refractivity contribution is -0.885. The first-order valence-corrected chi connectivity index (χ1v) is 9.57. The van der Waals surface area contributed by atoms with Crippen LogP contribution in [-0.4, -0.2) is 33.7 Å². The number of ether oxygens (including phenoxy) is 2. The van der Waals surface area contributed by atoms with E-state index in [4.69, 9.17) is 9.47 Å². The quantitative estimate of drug-likeness (QED) is 0.621. The number of likely N-dealkylation sites (N-methyl/N-ethyl adjacent to an activating group) is 1.